The second-order valence-corrected chi connectivity index (χ2v) is 6.77. The first-order chi connectivity index (χ1) is 9.11. The molecule has 0 amide bonds. The Bertz CT molecular complexity index is 601. The molecule has 0 aliphatic rings. The molecule has 1 aromatic carbocycles. The Morgan fingerprint density at radius 2 is 2.16 bits per heavy atom. The number of aromatic nitrogens is 2. The molecule has 100 valence electrons. The molecule has 0 radical (unpaired) electrons. The SMILES string of the molecule is CSc1nnc(SCc2cccc(N)c2C(=O)O)s1. The number of rotatable bonds is 5. The Morgan fingerprint density at radius 3 is 2.79 bits per heavy atom. The van der Waals surface area contributed by atoms with E-state index in [0.717, 1.165) is 8.68 Å². The summed E-state index contributed by atoms with van der Waals surface area (Å²) in [6, 6.07) is 5.11. The van der Waals surface area contributed by atoms with Gasteiger partial charge in [-0.15, -0.1) is 10.2 Å². The van der Waals surface area contributed by atoms with E-state index >= 15 is 0 Å². The number of nitrogen functional groups attached to an aromatic ring is 1. The molecular weight excluding hydrogens is 302 g/mol. The summed E-state index contributed by atoms with van der Waals surface area (Å²) in [5.74, 6) is -0.494. The van der Waals surface area contributed by atoms with Crippen LogP contribution in [0, 0.1) is 0 Å². The summed E-state index contributed by atoms with van der Waals surface area (Å²) in [5, 5.41) is 17.2. The molecule has 0 saturated carbocycles. The summed E-state index contributed by atoms with van der Waals surface area (Å²) >= 11 is 4.50. The number of nitrogens with two attached hydrogens (primary N) is 1. The molecule has 3 N–H and O–H groups in total. The Balaban J connectivity index is 2.15. The fourth-order valence-electron chi connectivity index (χ4n) is 1.48. The molecule has 8 heteroatoms. The average molecular weight is 313 g/mol. The number of carboxylic acids is 1. The van der Waals surface area contributed by atoms with Crippen molar-refractivity contribution in [3.63, 3.8) is 0 Å². The van der Waals surface area contributed by atoms with Crippen LogP contribution in [-0.4, -0.2) is 27.5 Å². The number of benzene rings is 1. The van der Waals surface area contributed by atoms with E-state index < -0.39 is 5.97 Å². The van der Waals surface area contributed by atoms with Crippen molar-refractivity contribution < 1.29 is 9.90 Å². The highest BCUT2D eigenvalue weighted by Gasteiger charge is 2.14. The Hall–Kier alpha value is -1.25. The van der Waals surface area contributed by atoms with Gasteiger partial charge in [-0.25, -0.2) is 4.79 Å². The Kier molecular flexibility index (Phi) is 4.67. The van der Waals surface area contributed by atoms with Crippen LogP contribution in [0.25, 0.3) is 0 Å². The molecule has 0 aliphatic heterocycles. The van der Waals surface area contributed by atoms with Gasteiger partial charge in [-0.05, 0) is 17.9 Å². The minimum absolute atomic E-state index is 0.171. The molecule has 2 rings (SSSR count). The van der Waals surface area contributed by atoms with Crippen LogP contribution in [0.15, 0.2) is 26.9 Å². The van der Waals surface area contributed by atoms with Crippen molar-refractivity contribution in [1.82, 2.24) is 10.2 Å². The summed E-state index contributed by atoms with van der Waals surface area (Å²) in [5.41, 5.74) is 6.85. The second-order valence-electron chi connectivity index (χ2n) is 3.51. The highest BCUT2D eigenvalue weighted by atomic mass is 32.2. The lowest BCUT2D eigenvalue weighted by atomic mass is 10.1. The van der Waals surface area contributed by atoms with Gasteiger partial charge in [-0.3, -0.25) is 0 Å². The third kappa shape index (κ3) is 3.40. The topological polar surface area (TPSA) is 89.1 Å². The molecule has 1 heterocycles. The zero-order chi connectivity index (χ0) is 13.8. The van der Waals surface area contributed by atoms with Gasteiger partial charge in [0, 0.05) is 11.4 Å². The summed E-state index contributed by atoms with van der Waals surface area (Å²) < 4.78 is 1.72. The van der Waals surface area contributed by atoms with Crippen molar-refractivity contribution in [1.29, 1.82) is 0 Å². The van der Waals surface area contributed by atoms with Gasteiger partial charge >= 0.3 is 5.97 Å². The number of hydrogen-bond donors (Lipinski definition) is 2. The van der Waals surface area contributed by atoms with Crippen molar-refractivity contribution in [2.45, 2.75) is 14.4 Å². The lowest BCUT2D eigenvalue weighted by molar-refractivity contribution is 0.0697. The van der Waals surface area contributed by atoms with Crippen LogP contribution in [0.3, 0.4) is 0 Å². The maximum atomic E-state index is 11.2. The molecule has 0 bridgehead atoms. The maximum absolute atomic E-state index is 11.2. The molecule has 0 atom stereocenters. The first-order valence-corrected chi connectivity index (χ1v) is 8.25. The lowest BCUT2D eigenvalue weighted by Crippen LogP contribution is -2.06. The monoisotopic (exact) mass is 313 g/mol. The largest absolute Gasteiger partial charge is 0.478 e. The second kappa shape index (κ2) is 6.27. The van der Waals surface area contributed by atoms with Crippen molar-refractivity contribution >= 4 is 46.5 Å². The number of carbonyl (C=O) groups is 1. The fraction of sp³-hybridized carbons (Fsp3) is 0.182. The van der Waals surface area contributed by atoms with E-state index in [9.17, 15) is 4.79 Å². The van der Waals surface area contributed by atoms with Gasteiger partial charge in [0.15, 0.2) is 8.68 Å². The molecule has 0 spiro atoms. The number of anilines is 1. The van der Waals surface area contributed by atoms with Crippen molar-refractivity contribution in [2.24, 2.45) is 0 Å². The zero-order valence-electron chi connectivity index (χ0n) is 9.99. The van der Waals surface area contributed by atoms with Crippen molar-refractivity contribution in [3.8, 4) is 0 Å². The van der Waals surface area contributed by atoms with Crippen LogP contribution in [0.1, 0.15) is 15.9 Å². The van der Waals surface area contributed by atoms with Crippen LogP contribution >= 0.6 is 34.9 Å². The van der Waals surface area contributed by atoms with E-state index in [-0.39, 0.29) is 11.3 Å². The first kappa shape index (κ1) is 14.2. The number of thioether (sulfide) groups is 2. The predicted molar refractivity (Wildman–Crippen MR) is 79.1 cm³/mol. The molecule has 2 aromatic rings. The van der Waals surface area contributed by atoms with Crippen molar-refractivity contribution in [3.05, 3.63) is 29.3 Å². The third-order valence-electron chi connectivity index (χ3n) is 2.31. The Labute approximate surface area is 122 Å². The van der Waals surface area contributed by atoms with Gasteiger partial charge in [-0.1, -0.05) is 47.0 Å². The normalized spacial score (nSPS) is 10.6. The van der Waals surface area contributed by atoms with Crippen LogP contribution in [0.5, 0.6) is 0 Å². The quantitative estimate of drug-likeness (QED) is 0.648. The number of nitrogens with zero attached hydrogens (tertiary/aromatic N) is 2. The molecular formula is C11H11N3O2S3. The molecule has 1 aromatic heterocycles. The first-order valence-electron chi connectivity index (χ1n) is 5.22. The van der Waals surface area contributed by atoms with E-state index in [1.54, 1.807) is 18.2 Å². The van der Waals surface area contributed by atoms with Gasteiger partial charge in [0.2, 0.25) is 0 Å². The van der Waals surface area contributed by atoms with E-state index in [2.05, 4.69) is 10.2 Å². The summed E-state index contributed by atoms with van der Waals surface area (Å²) in [4.78, 5) is 11.2. The van der Waals surface area contributed by atoms with E-state index in [1.807, 2.05) is 6.26 Å². The minimum atomic E-state index is -1.00. The third-order valence-corrected chi connectivity index (χ3v) is 5.39. The van der Waals surface area contributed by atoms with Gasteiger partial charge in [0.05, 0.1) is 5.56 Å². The van der Waals surface area contributed by atoms with Crippen LogP contribution in [-0.2, 0) is 5.75 Å². The van der Waals surface area contributed by atoms with E-state index in [1.165, 1.54) is 34.9 Å². The molecule has 0 unspecified atom stereocenters. The number of carboxylic acid groups (broad SMARTS) is 1. The van der Waals surface area contributed by atoms with E-state index in [0.29, 0.717) is 11.3 Å². The van der Waals surface area contributed by atoms with Crippen molar-refractivity contribution in [2.75, 3.05) is 12.0 Å². The highest BCUT2D eigenvalue weighted by molar-refractivity contribution is 8.02. The summed E-state index contributed by atoms with van der Waals surface area (Å²) in [6.07, 6.45) is 1.94. The summed E-state index contributed by atoms with van der Waals surface area (Å²) in [7, 11) is 0. The van der Waals surface area contributed by atoms with Gasteiger partial charge in [0.25, 0.3) is 0 Å². The highest BCUT2D eigenvalue weighted by Crippen LogP contribution is 2.31. The minimum Gasteiger partial charge on any atom is -0.478 e. The van der Waals surface area contributed by atoms with E-state index in [4.69, 9.17) is 10.8 Å². The van der Waals surface area contributed by atoms with Crippen LogP contribution < -0.4 is 5.73 Å². The summed E-state index contributed by atoms with van der Waals surface area (Å²) in [6.45, 7) is 0. The number of aromatic carboxylic acids is 1. The predicted octanol–water partition coefficient (Wildman–Crippen LogP) is 2.83. The molecule has 0 fully saturated rings. The van der Waals surface area contributed by atoms with Gasteiger partial charge in [0.1, 0.15) is 0 Å². The molecule has 19 heavy (non-hydrogen) atoms. The van der Waals surface area contributed by atoms with Gasteiger partial charge < -0.3 is 10.8 Å². The average Bonchev–Trinajstić information content (AvgIpc) is 2.83. The smallest absolute Gasteiger partial charge is 0.338 e. The van der Waals surface area contributed by atoms with Crippen LogP contribution in [0.2, 0.25) is 0 Å². The van der Waals surface area contributed by atoms with Crippen LogP contribution in [0.4, 0.5) is 5.69 Å². The maximum Gasteiger partial charge on any atom is 0.338 e. The molecule has 0 aliphatic carbocycles. The Morgan fingerprint density at radius 1 is 1.42 bits per heavy atom. The molecule has 5 nitrogen and oxygen atoms in total. The number of hydrogen-bond acceptors (Lipinski definition) is 7. The zero-order valence-corrected chi connectivity index (χ0v) is 12.4. The fourth-order valence-corrected chi connectivity index (χ4v) is 3.91. The lowest BCUT2D eigenvalue weighted by Gasteiger charge is -2.07. The molecule has 0 saturated heterocycles. The standard InChI is InChI=1S/C11H11N3O2S3/c1-17-10-13-14-11(19-10)18-5-6-3-2-4-7(12)8(6)9(15)16/h2-4H,5,12H2,1H3,(H,15,16). The van der Waals surface area contributed by atoms with Gasteiger partial charge in [-0.2, -0.15) is 0 Å².